The molecule has 2 rings (SSSR count). The fraction of sp³-hybridized carbons (Fsp3) is 0.524. The Morgan fingerprint density at radius 1 is 1.19 bits per heavy atom. The van der Waals surface area contributed by atoms with Gasteiger partial charge in [-0.25, -0.2) is 0 Å². The number of ether oxygens (including phenoxy) is 2. The molecule has 0 saturated heterocycles. The van der Waals surface area contributed by atoms with Gasteiger partial charge in [-0.05, 0) is 63.6 Å². The second kappa shape index (κ2) is 10.6. The molecule has 26 heavy (non-hydrogen) atoms. The van der Waals surface area contributed by atoms with Crippen molar-refractivity contribution in [3.05, 3.63) is 35.4 Å². The van der Waals surface area contributed by atoms with Gasteiger partial charge in [-0.15, -0.1) is 0 Å². The van der Waals surface area contributed by atoms with Crippen molar-refractivity contribution in [1.29, 1.82) is 0 Å². The van der Waals surface area contributed by atoms with Crippen molar-refractivity contribution in [2.45, 2.75) is 51.9 Å². The van der Waals surface area contributed by atoms with Crippen molar-refractivity contribution in [3.63, 3.8) is 0 Å². The molecule has 0 bridgehead atoms. The Labute approximate surface area is 155 Å². The number of carbonyl (C=O) groups is 2. The number of allylic oxidation sites excluding steroid dienone is 1. The zero-order valence-corrected chi connectivity index (χ0v) is 15.8. The van der Waals surface area contributed by atoms with Crippen molar-refractivity contribution in [3.8, 4) is 11.5 Å². The van der Waals surface area contributed by atoms with Gasteiger partial charge < -0.3 is 14.8 Å². The Hall–Kier alpha value is -2.30. The standard InChI is InChI=1S/C21H29NO4/c1-16(23)18-10-11-19(20(15-18)25-2)26-14-6-9-21(24)22-13-12-17-7-4-3-5-8-17/h7,10-11,15H,3-6,8-9,12-14H2,1-2H3,(H,22,24). The first-order valence-electron chi connectivity index (χ1n) is 9.36. The molecule has 0 spiro atoms. The van der Waals surface area contributed by atoms with Crippen molar-refractivity contribution < 1.29 is 19.1 Å². The third kappa shape index (κ3) is 6.54. The van der Waals surface area contributed by atoms with Gasteiger partial charge in [0.2, 0.25) is 5.91 Å². The van der Waals surface area contributed by atoms with Gasteiger partial charge in [-0.2, -0.15) is 0 Å². The van der Waals surface area contributed by atoms with Gasteiger partial charge in [0.25, 0.3) is 0 Å². The van der Waals surface area contributed by atoms with Gasteiger partial charge in [0.1, 0.15) is 0 Å². The van der Waals surface area contributed by atoms with Crippen molar-refractivity contribution in [2.24, 2.45) is 0 Å². The summed E-state index contributed by atoms with van der Waals surface area (Å²) >= 11 is 0. The summed E-state index contributed by atoms with van der Waals surface area (Å²) in [4.78, 5) is 23.3. The zero-order valence-electron chi connectivity index (χ0n) is 15.8. The van der Waals surface area contributed by atoms with Gasteiger partial charge >= 0.3 is 0 Å². The average Bonchev–Trinajstić information content (AvgIpc) is 2.66. The minimum atomic E-state index is -0.0180. The van der Waals surface area contributed by atoms with Crippen LogP contribution in [0.2, 0.25) is 0 Å². The number of ketones is 1. The van der Waals surface area contributed by atoms with E-state index in [1.165, 1.54) is 38.2 Å². The van der Waals surface area contributed by atoms with Crippen LogP contribution in [0.15, 0.2) is 29.8 Å². The number of methoxy groups -OCH3 is 1. The second-order valence-corrected chi connectivity index (χ2v) is 6.58. The Bertz CT molecular complexity index is 651. The van der Waals surface area contributed by atoms with Crippen LogP contribution in [0.25, 0.3) is 0 Å². The van der Waals surface area contributed by atoms with E-state index in [-0.39, 0.29) is 11.7 Å². The molecule has 5 nitrogen and oxygen atoms in total. The van der Waals surface area contributed by atoms with Crippen molar-refractivity contribution >= 4 is 11.7 Å². The highest BCUT2D eigenvalue weighted by Crippen LogP contribution is 2.28. The normalized spacial score (nSPS) is 13.7. The molecule has 0 heterocycles. The molecule has 0 radical (unpaired) electrons. The number of nitrogens with one attached hydrogen (secondary N) is 1. The van der Waals surface area contributed by atoms with Gasteiger partial charge in [0.05, 0.1) is 13.7 Å². The number of carbonyl (C=O) groups excluding carboxylic acids is 2. The minimum Gasteiger partial charge on any atom is -0.493 e. The Balaban J connectivity index is 1.65. The topological polar surface area (TPSA) is 64.6 Å². The molecule has 1 aromatic rings. The maximum Gasteiger partial charge on any atom is 0.220 e. The van der Waals surface area contributed by atoms with E-state index in [2.05, 4.69) is 11.4 Å². The molecule has 142 valence electrons. The molecule has 0 fully saturated rings. The van der Waals surface area contributed by atoms with Crippen LogP contribution < -0.4 is 14.8 Å². The third-order valence-corrected chi connectivity index (χ3v) is 4.53. The molecule has 0 saturated carbocycles. The van der Waals surface area contributed by atoms with E-state index < -0.39 is 0 Å². The molecule has 1 aliphatic rings. The van der Waals surface area contributed by atoms with Crippen LogP contribution in [0, 0.1) is 0 Å². The van der Waals surface area contributed by atoms with E-state index in [1.807, 2.05) is 0 Å². The molecular weight excluding hydrogens is 330 g/mol. The molecule has 1 N–H and O–H groups in total. The molecule has 1 aliphatic carbocycles. The minimum absolute atomic E-state index is 0.0180. The molecule has 0 unspecified atom stereocenters. The maximum absolute atomic E-state index is 11.9. The lowest BCUT2D eigenvalue weighted by atomic mass is 9.97. The van der Waals surface area contributed by atoms with E-state index >= 15 is 0 Å². The van der Waals surface area contributed by atoms with E-state index in [4.69, 9.17) is 9.47 Å². The van der Waals surface area contributed by atoms with Crippen molar-refractivity contribution in [2.75, 3.05) is 20.3 Å². The number of Topliss-reactive ketones (excluding diaryl/α,β-unsaturated/α-hetero) is 1. The zero-order chi connectivity index (χ0) is 18.8. The number of rotatable bonds is 10. The predicted octanol–water partition coefficient (Wildman–Crippen LogP) is 4.06. The monoisotopic (exact) mass is 359 g/mol. The molecular formula is C21H29NO4. The number of hydrogen-bond acceptors (Lipinski definition) is 4. The van der Waals surface area contributed by atoms with Crippen LogP contribution in [-0.4, -0.2) is 32.0 Å². The van der Waals surface area contributed by atoms with Crippen LogP contribution in [-0.2, 0) is 4.79 Å². The Morgan fingerprint density at radius 2 is 2.04 bits per heavy atom. The summed E-state index contributed by atoms with van der Waals surface area (Å²) in [6.07, 6.45) is 9.26. The smallest absolute Gasteiger partial charge is 0.220 e. The first-order valence-corrected chi connectivity index (χ1v) is 9.36. The fourth-order valence-corrected chi connectivity index (χ4v) is 3.00. The van der Waals surface area contributed by atoms with E-state index in [0.717, 1.165) is 6.42 Å². The Kier molecular flexibility index (Phi) is 8.19. The maximum atomic E-state index is 11.9. The van der Waals surface area contributed by atoms with Crippen LogP contribution in [0.4, 0.5) is 0 Å². The van der Waals surface area contributed by atoms with E-state index in [0.29, 0.717) is 43.1 Å². The highest BCUT2D eigenvalue weighted by molar-refractivity contribution is 5.94. The summed E-state index contributed by atoms with van der Waals surface area (Å²) in [5.41, 5.74) is 2.06. The van der Waals surface area contributed by atoms with Gasteiger partial charge in [0, 0.05) is 18.5 Å². The number of benzene rings is 1. The van der Waals surface area contributed by atoms with Crippen LogP contribution >= 0.6 is 0 Å². The lowest BCUT2D eigenvalue weighted by Crippen LogP contribution is -2.25. The largest absolute Gasteiger partial charge is 0.493 e. The fourth-order valence-electron chi connectivity index (χ4n) is 3.00. The molecule has 1 amide bonds. The van der Waals surface area contributed by atoms with Crippen LogP contribution in [0.5, 0.6) is 11.5 Å². The van der Waals surface area contributed by atoms with Crippen LogP contribution in [0.3, 0.4) is 0 Å². The van der Waals surface area contributed by atoms with Gasteiger partial charge in [-0.1, -0.05) is 11.6 Å². The molecule has 0 atom stereocenters. The SMILES string of the molecule is COc1cc(C(C)=O)ccc1OCCCC(=O)NCCC1=CCCCC1. The van der Waals surface area contributed by atoms with Gasteiger partial charge in [0.15, 0.2) is 17.3 Å². The summed E-state index contributed by atoms with van der Waals surface area (Å²) in [6.45, 7) is 2.65. The first-order chi connectivity index (χ1) is 12.6. The quantitative estimate of drug-likeness (QED) is 0.389. The molecule has 5 heteroatoms. The summed E-state index contributed by atoms with van der Waals surface area (Å²) in [7, 11) is 1.54. The molecule has 0 aliphatic heterocycles. The number of amides is 1. The average molecular weight is 359 g/mol. The second-order valence-electron chi connectivity index (χ2n) is 6.58. The lowest BCUT2D eigenvalue weighted by Gasteiger charge is -2.13. The predicted molar refractivity (Wildman–Crippen MR) is 102 cm³/mol. The summed E-state index contributed by atoms with van der Waals surface area (Å²) < 4.78 is 11.0. The number of hydrogen-bond donors (Lipinski definition) is 1. The lowest BCUT2D eigenvalue weighted by molar-refractivity contribution is -0.121. The van der Waals surface area contributed by atoms with E-state index in [9.17, 15) is 9.59 Å². The Morgan fingerprint density at radius 3 is 2.73 bits per heavy atom. The van der Waals surface area contributed by atoms with Gasteiger partial charge in [-0.3, -0.25) is 9.59 Å². The first kappa shape index (κ1) is 20.0. The van der Waals surface area contributed by atoms with E-state index in [1.54, 1.807) is 25.3 Å². The molecule has 0 aromatic heterocycles. The summed E-state index contributed by atoms with van der Waals surface area (Å²) in [5.74, 6) is 1.16. The molecule has 1 aromatic carbocycles. The van der Waals surface area contributed by atoms with Crippen molar-refractivity contribution in [1.82, 2.24) is 5.32 Å². The van der Waals surface area contributed by atoms with Crippen LogP contribution in [0.1, 0.15) is 62.2 Å². The summed E-state index contributed by atoms with van der Waals surface area (Å²) in [6, 6.07) is 5.12. The highest BCUT2D eigenvalue weighted by Gasteiger charge is 2.09. The third-order valence-electron chi connectivity index (χ3n) is 4.53. The highest BCUT2D eigenvalue weighted by atomic mass is 16.5. The summed E-state index contributed by atoms with van der Waals surface area (Å²) in [5, 5.41) is 2.97.